The molecule has 0 heterocycles. The molecule has 26 heavy (non-hydrogen) atoms. The van der Waals surface area contributed by atoms with Crippen molar-refractivity contribution in [2.45, 2.75) is 104 Å². The second-order valence-electron chi connectivity index (χ2n) is 8.86. The molecule has 0 aromatic heterocycles. The van der Waals surface area contributed by atoms with E-state index >= 15 is 0 Å². The zero-order chi connectivity index (χ0) is 19.5. The van der Waals surface area contributed by atoms with Gasteiger partial charge >= 0.3 is 11.9 Å². The van der Waals surface area contributed by atoms with Gasteiger partial charge in [0.2, 0.25) is 0 Å². The number of hydrogen-bond acceptors (Lipinski definition) is 3. The van der Waals surface area contributed by atoms with Crippen molar-refractivity contribution in [3.63, 3.8) is 0 Å². The highest BCUT2D eigenvalue weighted by molar-refractivity contribution is 5.75. The van der Waals surface area contributed by atoms with E-state index in [4.69, 9.17) is 4.74 Å². The first-order valence-electron chi connectivity index (χ1n) is 10.7. The molecule has 3 unspecified atom stereocenters. The molecule has 0 aliphatic heterocycles. The molecule has 0 aromatic rings. The summed E-state index contributed by atoms with van der Waals surface area (Å²) in [4.78, 5) is 23.7. The van der Waals surface area contributed by atoms with E-state index in [-0.39, 0.29) is 23.9 Å². The highest BCUT2D eigenvalue weighted by Gasteiger charge is 2.33. The van der Waals surface area contributed by atoms with Crippen molar-refractivity contribution in [1.82, 2.24) is 0 Å². The second kappa shape index (κ2) is 12.3. The van der Waals surface area contributed by atoms with Gasteiger partial charge in [-0.2, -0.15) is 0 Å². The monoisotopic (exact) mass is 368 g/mol. The van der Waals surface area contributed by atoms with Gasteiger partial charge in [0.1, 0.15) is 6.10 Å². The largest absolute Gasteiger partial charge is 0.481 e. The number of carbonyl (C=O) groups is 2. The van der Waals surface area contributed by atoms with Gasteiger partial charge < -0.3 is 9.84 Å². The van der Waals surface area contributed by atoms with E-state index in [0.717, 1.165) is 31.6 Å². The van der Waals surface area contributed by atoms with Gasteiger partial charge in [-0.15, -0.1) is 0 Å². The average Bonchev–Trinajstić information content (AvgIpc) is 2.59. The van der Waals surface area contributed by atoms with Gasteiger partial charge in [-0.25, -0.2) is 0 Å². The summed E-state index contributed by atoms with van der Waals surface area (Å²) >= 11 is 0. The predicted octanol–water partition coefficient (Wildman–Crippen LogP) is 5.83. The Hall–Kier alpha value is -1.06. The van der Waals surface area contributed by atoms with Crippen LogP contribution in [-0.2, 0) is 14.3 Å². The third-order valence-electron chi connectivity index (χ3n) is 5.64. The highest BCUT2D eigenvalue weighted by Crippen LogP contribution is 2.31. The van der Waals surface area contributed by atoms with Gasteiger partial charge in [0.05, 0.1) is 11.8 Å². The molecule has 0 bridgehead atoms. The van der Waals surface area contributed by atoms with Crippen LogP contribution in [-0.4, -0.2) is 23.1 Å². The Balaban J connectivity index is 2.31. The molecule has 1 fully saturated rings. The molecule has 3 atom stereocenters. The van der Waals surface area contributed by atoms with Crippen LogP contribution in [0, 0.1) is 23.7 Å². The molecule has 0 aromatic carbocycles. The Morgan fingerprint density at radius 1 is 0.923 bits per heavy atom. The molecular weight excluding hydrogens is 328 g/mol. The fraction of sp³-hybridized carbons (Fsp3) is 0.909. The zero-order valence-electron chi connectivity index (χ0n) is 17.3. The Morgan fingerprint density at radius 3 is 2.08 bits per heavy atom. The summed E-state index contributed by atoms with van der Waals surface area (Å²) in [5.41, 5.74) is 0. The lowest BCUT2D eigenvalue weighted by atomic mass is 9.81. The summed E-state index contributed by atoms with van der Waals surface area (Å²) < 4.78 is 5.81. The SMILES string of the molecule is CC(C)CCCCCCCC(OC(=O)C1CCCC(C(=O)O)C1)C(C)C. The molecule has 0 spiro atoms. The van der Waals surface area contributed by atoms with E-state index in [9.17, 15) is 14.7 Å². The van der Waals surface area contributed by atoms with E-state index in [0.29, 0.717) is 18.8 Å². The fourth-order valence-electron chi connectivity index (χ4n) is 3.83. The van der Waals surface area contributed by atoms with E-state index in [1.54, 1.807) is 0 Å². The summed E-state index contributed by atoms with van der Waals surface area (Å²) in [5.74, 6) is -0.474. The fourth-order valence-corrected chi connectivity index (χ4v) is 3.83. The second-order valence-corrected chi connectivity index (χ2v) is 8.86. The first kappa shape index (κ1) is 23.0. The number of rotatable bonds is 12. The standard InChI is InChI=1S/C22H40O4/c1-16(2)11-8-6-5-7-9-14-20(17(3)4)26-22(25)19-13-10-12-18(15-19)21(23)24/h16-20H,5-15H2,1-4H3,(H,23,24). The third-order valence-corrected chi connectivity index (χ3v) is 5.64. The maximum atomic E-state index is 12.5. The number of hydrogen-bond donors (Lipinski definition) is 1. The smallest absolute Gasteiger partial charge is 0.309 e. The lowest BCUT2D eigenvalue weighted by Gasteiger charge is -2.28. The summed E-state index contributed by atoms with van der Waals surface area (Å²) in [7, 11) is 0. The van der Waals surface area contributed by atoms with Crippen molar-refractivity contribution in [3.8, 4) is 0 Å². The molecule has 1 aliphatic rings. The number of aliphatic carboxylic acids is 1. The van der Waals surface area contributed by atoms with Gasteiger partial charge in [0, 0.05) is 0 Å². The topological polar surface area (TPSA) is 63.6 Å². The Bertz CT molecular complexity index is 416. The third kappa shape index (κ3) is 9.05. The number of ether oxygens (including phenoxy) is 1. The van der Waals surface area contributed by atoms with Crippen LogP contribution in [0.1, 0.15) is 98.3 Å². The van der Waals surface area contributed by atoms with Gasteiger partial charge in [-0.1, -0.05) is 66.2 Å². The summed E-state index contributed by atoms with van der Waals surface area (Å²) in [5, 5.41) is 9.19. The molecule has 4 heteroatoms. The molecule has 1 N–H and O–H groups in total. The van der Waals surface area contributed by atoms with Crippen LogP contribution >= 0.6 is 0 Å². The molecule has 0 radical (unpaired) electrons. The van der Waals surface area contributed by atoms with Gasteiger partial charge in [-0.05, 0) is 43.9 Å². The van der Waals surface area contributed by atoms with Crippen LogP contribution in [0.3, 0.4) is 0 Å². The number of carboxylic acid groups (broad SMARTS) is 1. The van der Waals surface area contributed by atoms with Gasteiger partial charge in [0.25, 0.3) is 0 Å². The van der Waals surface area contributed by atoms with Crippen molar-refractivity contribution in [1.29, 1.82) is 0 Å². The molecule has 1 saturated carbocycles. The number of esters is 1. The molecule has 4 nitrogen and oxygen atoms in total. The Morgan fingerprint density at radius 2 is 1.50 bits per heavy atom. The summed E-state index contributed by atoms with van der Waals surface area (Å²) in [6, 6.07) is 0. The van der Waals surface area contributed by atoms with Crippen molar-refractivity contribution < 1.29 is 19.4 Å². The van der Waals surface area contributed by atoms with Crippen LogP contribution in [0.2, 0.25) is 0 Å². The summed E-state index contributed by atoms with van der Waals surface area (Å²) in [6.07, 6.45) is 11.0. The van der Waals surface area contributed by atoms with Crippen molar-refractivity contribution in [2.75, 3.05) is 0 Å². The normalized spacial score (nSPS) is 21.8. The van der Waals surface area contributed by atoms with E-state index in [1.165, 1.54) is 32.1 Å². The van der Waals surface area contributed by atoms with Gasteiger partial charge in [-0.3, -0.25) is 9.59 Å². The predicted molar refractivity (Wildman–Crippen MR) is 105 cm³/mol. The first-order chi connectivity index (χ1) is 12.3. The minimum Gasteiger partial charge on any atom is -0.481 e. The van der Waals surface area contributed by atoms with Crippen LogP contribution in [0.5, 0.6) is 0 Å². The average molecular weight is 369 g/mol. The van der Waals surface area contributed by atoms with Crippen molar-refractivity contribution in [2.24, 2.45) is 23.7 Å². The lowest BCUT2D eigenvalue weighted by molar-refractivity contribution is -0.159. The number of unbranched alkanes of at least 4 members (excludes halogenated alkanes) is 4. The minimum atomic E-state index is -0.777. The first-order valence-corrected chi connectivity index (χ1v) is 10.7. The van der Waals surface area contributed by atoms with Crippen molar-refractivity contribution >= 4 is 11.9 Å². The van der Waals surface area contributed by atoms with Crippen LogP contribution in [0.15, 0.2) is 0 Å². The minimum absolute atomic E-state index is 0.0385. The lowest BCUT2D eigenvalue weighted by Crippen LogP contribution is -2.32. The maximum absolute atomic E-state index is 12.5. The molecular formula is C22H40O4. The van der Waals surface area contributed by atoms with E-state index in [1.807, 2.05) is 0 Å². The Kier molecular flexibility index (Phi) is 10.9. The molecule has 0 amide bonds. The van der Waals surface area contributed by atoms with E-state index in [2.05, 4.69) is 27.7 Å². The van der Waals surface area contributed by atoms with E-state index < -0.39 is 5.97 Å². The van der Waals surface area contributed by atoms with Crippen LogP contribution < -0.4 is 0 Å². The summed E-state index contributed by atoms with van der Waals surface area (Å²) in [6.45, 7) is 8.74. The van der Waals surface area contributed by atoms with Gasteiger partial charge in [0.15, 0.2) is 0 Å². The highest BCUT2D eigenvalue weighted by atomic mass is 16.5. The zero-order valence-corrected chi connectivity index (χ0v) is 17.3. The molecule has 152 valence electrons. The molecule has 1 aliphatic carbocycles. The maximum Gasteiger partial charge on any atom is 0.309 e. The number of carbonyl (C=O) groups excluding carboxylic acids is 1. The quantitative estimate of drug-likeness (QED) is 0.347. The Labute approximate surface area is 160 Å². The van der Waals surface area contributed by atoms with Crippen molar-refractivity contribution in [3.05, 3.63) is 0 Å². The molecule has 1 rings (SSSR count). The van der Waals surface area contributed by atoms with Crippen LogP contribution in [0.4, 0.5) is 0 Å². The van der Waals surface area contributed by atoms with Crippen LogP contribution in [0.25, 0.3) is 0 Å². The number of carboxylic acids is 1. The molecule has 0 saturated heterocycles.